The molecule has 2 aromatic carbocycles. The molecule has 29 heavy (non-hydrogen) atoms. The molecule has 2 aromatic rings. The molecule has 1 fully saturated rings. The third kappa shape index (κ3) is 5.41. The Morgan fingerprint density at radius 1 is 1.07 bits per heavy atom. The summed E-state index contributed by atoms with van der Waals surface area (Å²) in [6, 6.07) is 22.0. The lowest BCUT2D eigenvalue weighted by Crippen LogP contribution is -2.40. The van der Waals surface area contributed by atoms with Crippen LogP contribution in [0.5, 0.6) is 0 Å². The van der Waals surface area contributed by atoms with Crippen molar-refractivity contribution in [1.82, 2.24) is 4.90 Å². The molecule has 3 heteroatoms. The van der Waals surface area contributed by atoms with Gasteiger partial charge < -0.3 is 4.90 Å². The highest BCUT2D eigenvalue weighted by Gasteiger charge is 2.43. The van der Waals surface area contributed by atoms with E-state index in [-0.39, 0.29) is 5.41 Å². The van der Waals surface area contributed by atoms with Gasteiger partial charge in [-0.3, -0.25) is 0 Å². The molecule has 1 aliphatic carbocycles. The number of halogens is 1. The van der Waals surface area contributed by atoms with Crippen molar-refractivity contribution in [2.75, 3.05) is 13.1 Å². The van der Waals surface area contributed by atoms with Crippen LogP contribution < -0.4 is 0 Å². The zero-order valence-electron chi connectivity index (χ0n) is 17.8. The first-order chi connectivity index (χ1) is 14.0. The largest absolute Gasteiger partial charge is 0.301 e. The van der Waals surface area contributed by atoms with Crippen LogP contribution in [0.4, 0.5) is 0 Å². The number of hydrogen-bond donors (Lipinski definition) is 0. The normalized spacial score (nSPS) is 16.4. The van der Waals surface area contributed by atoms with Crippen LogP contribution in [0, 0.1) is 17.2 Å². The van der Waals surface area contributed by atoms with Crippen LogP contribution >= 0.6 is 11.6 Å². The number of rotatable bonds is 10. The average molecular weight is 409 g/mol. The van der Waals surface area contributed by atoms with Gasteiger partial charge in [0.25, 0.3) is 0 Å². The minimum Gasteiger partial charge on any atom is -0.301 e. The Morgan fingerprint density at radius 2 is 1.76 bits per heavy atom. The smallest absolute Gasteiger partial charge is 0.0850 e. The maximum Gasteiger partial charge on any atom is 0.0850 e. The van der Waals surface area contributed by atoms with Gasteiger partial charge >= 0.3 is 0 Å². The van der Waals surface area contributed by atoms with Crippen molar-refractivity contribution in [3.63, 3.8) is 0 Å². The van der Waals surface area contributed by atoms with Crippen molar-refractivity contribution < 1.29 is 0 Å². The maximum absolute atomic E-state index is 10.3. The van der Waals surface area contributed by atoms with Gasteiger partial charge in [-0.1, -0.05) is 60.5 Å². The number of nitrogens with zero attached hydrogens (tertiary/aromatic N) is 2. The van der Waals surface area contributed by atoms with Gasteiger partial charge in [0.1, 0.15) is 0 Å². The standard InChI is InChI=1S/C26H33ClN2/c1-21(2)29(19-16-22-8-4-3-5-9-22)18-7-17-26(20-28,23-10-6-11-23)24-12-14-25(27)15-13-24/h3-5,8-9,12-15,21,23H,6-7,10-11,16-19H2,1-2H3. The minimum absolute atomic E-state index is 0.370. The van der Waals surface area contributed by atoms with E-state index in [2.05, 4.69) is 67.3 Å². The van der Waals surface area contributed by atoms with Crippen LogP contribution in [0.1, 0.15) is 57.1 Å². The van der Waals surface area contributed by atoms with Gasteiger partial charge in [-0.2, -0.15) is 5.26 Å². The Morgan fingerprint density at radius 3 is 2.31 bits per heavy atom. The SMILES string of the molecule is CC(C)N(CCCC(C#N)(c1ccc(Cl)cc1)C1CCC1)CCc1ccccc1. The molecule has 3 rings (SSSR count). The van der Waals surface area contributed by atoms with Gasteiger partial charge in [-0.25, -0.2) is 0 Å². The van der Waals surface area contributed by atoms with E-state index in [1.807, 2.05) is 12.1 Å². The molecule has 0 spiro atoms. The van der Waals surface area contributed by atoms with Crippen molar-refractivity contribution in [2.24, 2.45) is 5.92 Å². The minimum atomic E-state index is -0.370. The summed E-state index contributed by atoms with van der Waals surface area (Å²) in [6.45, 7) is 6.64. The highest BCUT2D eigenvalue weighted by Crippen LogP contribution is 2.47. The average Bonchev–Trinajstić information content (AvgIpc) is 2.69. The van der Waals surface area contributed by atoms with E-state index in [1.165, 1.54) is 12.0 Å². The Balaban J connectivity index is 1.65. The number of nitriles is 1. The van der Waals surface area contributed by atoms with E-state index >= 15 is 0 Å². The first-order valence-corrected chi connectivity index (χ1v) is 11.4. The molecule has 0 saturated heterocycles. The lowest BCUT2D eigenvalue weighted by molar-refractivity contribution is 0.174. The molecule has 1 aliphatic rings. The molecule has 0 amide bonds. The quantitative estimate of drug-likeness (QED) is 0.440. The van der Waals surface area contributed by atoms with Crippen LogP contribution in [0.3, 0.4) is 0 Å². The van der Waals surface area contributed by atoms with Gasteiger partial charge in [0.2, 0.25) is 0 Å². The second-order valence-corrected chi connectivity index (χ2v) is 9.12. The summed E-state index contributed by atoms with van der Waals surface area (Å²) in [6.07, 6.45) is 6.61. The van der Waals surface area contributed by atoms with E-state index in [4.69, 9.17) is 11.6 Å². The number of hydrogen-bond acceptors (Lipinski definition) is 2. The molecule has 0 aliphatic heterocycles. The van der Waals surface area contributed by atoms with Gasteiger partial charge in [-0.15, -0.1) is 0 Å². The van der Waals surface area contributed by atoms with E-state index in [9.17, 15) is 5.26 Å². The summed E-state index contributed by atoms with van der Waals surface area (Å²) in [5.41, 5.74) is 2.17. The summed E-state index contributed by atoms with van der Waals surface area (Å²) in [5.74, 6) is 0.477. The van der Waals surface area contributed by atoms with Crippen LogP contribution in [0.2, 0.25) is 5.02 Å². The monoisotopic (exact) mass is 408 g/mol. The predicted molar refractivity (Wildman–Crippen MR) is 122 cm³/mol. The first kappa shape index (κ1) is 21.9. The lowest BCUT2D eigenvalue weighted by Gasteiger charge is -2.41. The number of benzene rings is 2. The van der Waals surface area contributed by atoms with Crippen LogP contribution in [-0.4, -0.2) is 24.0 Å². The summed E-state index contributed by atoms with van der Waals surface area (Å²) >= 11 is 6.11. The molecule has 1 unspecified atom stereocenters. The van der Waals surface area contributed by atoms with Crippen molar-refractivity contribution in [1.29, 1.82) is 5.26 Å². The van der Waals surface area contributed by atoms with Crippen molar-refractivity contribution >= 4 is 11.6 Å². The summed E-state index contributed by atoms with van der Waals surface area (Å²) in [7, 11) is 0. The first-order valence-electron chi connectivity index (χ1n) is 11.0. The second-order valence-electron chi connectivity index (χ2n) is 8.69. The zero-order chi connectivity index (χ0) is 20.7. The maximum atomic E-state index is 10.3. The summed E-state index contributed by atoms with van der Waals surface area (Å²) < 4.78 is 0. The highest BCUT2D eigenvalue weighted by molar-refractivity contribution is 6.30. The summed E-state index contributed by atoms with van der Waals surface area (Å²) in [5, 5.41) is 11.0. The molecule has 154 valence electrons. The Hall–Kier alpha value is -1.82. The van der Waals surface area contributed by atoms with Crippen molar-refractivity contribution in [3.8, 4) is 6.07 Å². The van der Waals surface area contributed by atoms with Gasteiger partial charge in [-0.05, 0) is 81.7 Å². The van der Waals surface area contributed by atoms with Gasteiger partial charge in [0.15, 0.2) is 0 Å². The van der Waals surface area contributed by atoms with Gasteiger partial charge in [0.05, 0.1) is 11.5 Å². The van der Waals surface area contributed by atoms with E-state index in [1.54, 1.807) is 0 Å². The van der Waals surface area contributed by atoms with Gasteiger partial charge in [0, 0.05) is 17.6 Å². The summed E-state index contributed by atoms with van der Waals surface area (Å²) in [4.78, 5) is 2.55. The van der Waals surface area contributed by atoms with E-state index < -0.39 is 0 Å². The van der Waals surface area contributed by atoms with Crippen LogP contribution in [0.15, 0.2) is 54.6 Å². The fourth-order valence-electron chi connectivity index (χ4n) is 4.55. The van der Waals surface area contributed by atoms with Crippen LogP contribution in [0.25, 0.3) is 0 Å². The molecule has 0 heterocycles. The Kier molecular flexibility index (Phi) is 7.76. The molecule has 0 N–H and O–H groups in total. The predicted octanol–water partition coefficient (Wildman–Crippen LogP) is 6.63. The molecule has 0 aromatic heterocycles. The Bertz CT molecular complexity index is 790. The third-order valence-electron chi connectivity index (χ3n) is 6.64. The molecule has 1 atom stereocenters. The molecule has 0 bridgehead atoms. The lowest BCUT2D eigenvalue weighted by atomic mass is 9.61. The zero-order valence-corrected chi connectivity index (χ0v) is 18.5. The molecule has 1 saturated carbocycles. The molecule has 0 radical (unpaired) electrons. The fourth-order valence-corrected chi connectivity index (χ4v) is 4.68. The Labute approximate surface area is 181 Å². The van der Waals surface area contributed by atoms with E-state index in [0.29, 0.717) is 12.0 Å². The molecule has 2 nitrogen and oxygen atoms in total. The molecular formula is C26H33ClN2. The van der Waals surface area contributed by atoms with Crippen molar-refractivity contribution in [2.45, 2.75) is 63.8 Å². The van der Waals surface area contributed by atoms with Crippen molar-refractivity contribution in [3.05, 3.63) is 70.7 Å². The second kappa shape index (κ2) is 10.3. The third-order valence-corrected chi connectivity index (χ3v) is 6.89. The highest BCUT2D eigenvalue weighted by atomic mass is 35.5. The molecular weight excluding hydrogens is 376 g/mol. The van der Waals surface area contributed by atoms with Crippen LogP contribution in [-0.2, 0) is 11.8 Å². The van der Waals surface area contributed by atoms with E-state index in [0.717, 1.165) is 55.8 Å². The topological polar surface area (TPSA) is 27.0 Å². The fraction of sp³-hybridized carbons (Fsp3) is 0.500.